The number of nitrogens with zero attached hydrogens (tertiary/aromatic N) is 1. The lowest BCUT2D eigenvalue weighted by atomic mass is 10.1. The SMILES string of the molecule is O=S(O)Oc1ccc(N2CCCCC2)c(C(F)(F)F)c1. The Morgan fingerprint density at radius 2 is 1.85 bits per heavy atom. The van der Waals surface area contributed by atoms with Crippen LogP contribution in [0, 0.1) is 0 Å². The molecule has 4 nitrogen and oxygen atoms in total. The van der Waals surface area contributed by atoms with E-state index in [1.54, 1.807) is 4.90 Å². The maximum atomic E-state index is 13.1. The van der Waals surface area contributed by atoms with Gasteiger partial charge in [-0.15, -0.1) is 0 Å². The van der Waals surface area contributed by atoms with Crippen LogP contribution in [0.1, 0.15) is 24.8 Å². The van der Waals surface area contributed by atoms with E-state index in [4.69, 9.17) is 4.55 Å². The van der Waals surface area contributed by atoms with Crippen molar-refractivity contribution in [3.63, 3.8) is 0 Å². The Kier molecular flexibility index (Phi) is 4.54. The summed E-state index contributed by atoms with van der Waals surface area (Å²) in [6.45, 7) is 1.16. The number of benzene rings is 1. The third-order valence-corrected chi connectivity index (χ3v) is 3.47. The van der Waals surface area contributed by atoms with E-state index in [-0.39, 0.29) is 11.4 Å². The Hall–Kier alpha value is -1.28. The second-order valence-electron chi connectivity index (χ2n) is 4.52. The van der Waals surface area contributed by atoms with E-state index in [9.17, 15) is 17.4 Å². The summed E-state index contributed by atoms with van der Waals surface area (Å²) in [4.78, 5) is 1.69. The molecule has 2 rings (SSSR count). The summed E-state index contributed by atoms with van der Waals surface area (Å²) < 4.78 is 62.8. The van der Waals surface area contributed by atoms with Gasteiger partial charge in [-0.1, -0.05) is 0 Å². The largest absolute Gasteiger partial charge is 0.418 e. The highest BCUT2D eigenvalue weighted by molar-refractivity contribution is 7.74. The van der Waals surface area contributed by atoms with Crippen molar-refractivity contribution in [3.05, 3.63) is 23.8 Å². The summed E-state index contributed by atoms with van der Waals surface area (Å²) in [5, 5.41) is 0. The molecular formula is C12H14F3NO3S. The van der Waals surface area contributed by atoms with Gasteiger partial charge >= 0.3 is 17.5 Å². The van der Waals surface area contributed by atoms with Gasteiger partial charge in [0, 0.05) is 18.8 Å². The molecule has 0 saturated carbocycles. The maximum Gasteiger partial charge on any atom is 0.418 e. The van der Waals surface area contributed by atoms with Gasteiger partial charge in [0.05, 0.1) is 5.56 Å². The fourth-order valence-electron chi connectivity index (χ4n) is 2.29. The van der Waals surface area contributed by atoms with Gasteiger partial charge in [0.1, 0.15) is 5.75 Å². The van der Waals surface area contributed by atoms with Gasteiger partial charge in [-0.05, 0) is 37.5 Å². The molecule has 112 valence electrons. The molecule has 1 fully saturated rings. The van der Waals surface area contributed by atoms with Crippen molar-refractivity contribution in [2.24, 2.45) is 0 Å². The molecule has 0 aliphatic carbocycles. The summed E-state index contributed by atoms with van der Waals surface area (Å²) >= 11 is -2.64. The van der Waals surface area contributed by atoms with Gasteiger partial charge in [-0.25, -0.2) is 0 Å². The van der Waals surface area contributed by atoms with Crippen LogP contribution >= 0.6 is 0 Å². The fraction of sp³-hybridized carbons (Fsp3) is 0.500. The third-order valence-electron chi connectivity index (χ3n) is 3.14. The highest BCUT2D eigenvalue weighted by Gasteiger charge is 2.35. The zero-order valence-electron chi connectivity index (χ0n) is 10.5. The molecule has 20 heavy (non-hydrogen) atoms. The monoisotopic (exact) mass is 309 g/mol. The van der Waals surface area contributed by atoms with Crippen LogP contribution in [0.5, 0.6) is 5.75 Å². The first-order chi connectivity index (χ1) is 9.38. The van der Waals surface area contributed by atoms with Gasteiger partial charge in [0.2, 0.25) is 0 Å². The summed E-state index contributed by atoms with van der Waals surface area (Å²) in [6, 6.07) is 3.32. The molecule has 1 aliphatic rings. The molecule has 0 radical (unpaired) electrons. The second-order valence-corrected chi connectivity index (χ2v) is 5.13. The third kappa shape index (κ3) is 3.63. The smallest absolute Gasteiger partial charge is 0.380 e. The number of piperidine rings is 1. The van der Waals surface area contributed by atoms with Gasteiger partial charge in [-0.3, -0.25) is 4.55 Å². The summed E-state index contributed by atoms with van der Waals surface area (Å²) in [6.07, 6.45) is -1.81. The molecule has 8 heteroatoms. The van der Waals surface area contributed by atoms with E-state index in [2.05, 4.69) is 4.18 Å². The number of hydrogen-bond donors (Lipinski definition) is 1. The van der Waals surface area contributed by atoms with E-state index in [1.807, 2.05) is 0 Å². The van der Waals surface area contributed by atoms with Crippen molar-refractivity contribution in [2.45, 2.75) is 25.4 Å². The van der Waals surface area contributed by atoms with E-state index in [0.717, 1.165) is 25.3 Å². The number of halogens is 3. The van der Waals surface area contributed by atoms with E-state index in [0.29, 0.717) is 13.1 Å². The number of rotatable bonds is 3. The molecule has 1 saturated heterocycles. The van der Waals surface area contributed by atoms with Crippen LogP contribution in [-0.2, 0) is 17.5 Å². The minimum absolute atomic E-state index is 0.0910. The molecule has 1 aromatic carbocycles. The summed E-state index contributed by atoms with van der Waals surface area (Å²) in [5.41, 5.74) is -0.754. The number of anilines is 1. The Morgan fingerprint density at radius 1 is 1.20 bits per heavy atom. The molecule has 1 atom stereocenters. The predicted octanol–water partition coefficient (Wildman–Crippen LogP) is 3.21. The Bertz CT molecular complexity index is 501. The van der Waals surface area contributed by atoms with Gasteiger partial charge in [-0.2, -0.15) is 17.4 Å². The minimum atomic E-state index is -4.54. The molecular weight excluding hydrogens is 295 g/mol. The van der Waals surface area contributed by atoms with E-state index < -0.39 is 23.1 Å². The van der Waals surface area contributed by atoms with Crippen LogP contribution in [0.4, 0.5) is 18.9 Å². The molecule has 1 heterocycles. The molecule has 1 unspecified atom stereocenters. The molecule has 0 aromatic heterocycles. The Morgan fingerprint density at radius 3 is 2.40 bits per heavy atom. The van der Waals surface area contributed by atoms with Crippen molar-refractivity contribution >= 4 is 17.0 Å². The predicted molar refractivity (Wildman–Crippen MR) is 68.9 cm³/mol. The van der Waals surface area contributed by atoms with Gasteiger partial charge in [0.25, 0.3) is 0 Å². The number of alkyl halides is 3. The quantitative estimate of drug-likeness (QED) is 0.871. The van der Waals surface area contributed by atoms with E-state index in [1.165, 1.54) is 12.1 Å². The average molecular weight is 309 g/mol. The molecule has 0 bridgehead atoms. The zero-order valence-corrected chi connectivity index (χ0v) is 11.3. The molecule has 1 aromatic rings. The van der Waals surface area contributed by atoms with Gasteiger partial charge in [0.15, 0.2) is 0 Å². The zero-order chi connectivity index (χ0) is 14.8. The Balaban J connectivity index is 2.37. The minimum Gasteiger partial charge on any atom is -0.380 e. The van der Waals surface area contributed by atoms with Crippen molar-refractivity contribution < 1.29 is 26.1 Å². The highest BCUT2D eigenvalue weighted by Crippen LogP contribution is 2.39. The first-order valence-electron chi connectivity index (χ1n) is 6.13. The second kappa shape index (κ2) is 6.01. The topological polar surface area (TPSA) is 49.8 Å². The van der Waals surface area contributed by atoms with E-state index >= 15 is 0 Å². The van der Waals surface area contributed by atoms with Gasteiger partial charge < -0.3 is 9.08 Å². The van der Waals surface area contributed by atoms with Crippen molar-refractivity contribution in [1.82, 2.24) is 0 Å². The fourth-order valence-corrected chi connectivity index (χ4v) is 2.56. The molecule has 1 aliphatic heterocycles. The highest BCUT2D eigenvalue weighted by atomic mass is 32.2. The Labute approximate surface area is 117 Å². The molecule has 0 spiro atoms. The molecule has 0 amide bonds. The lowest BCUT2D eigenvalue weighted by Crippen LogP contribution is -2.31. The van der Waals surface area contributed by atoms with Crippen LogP contribution < -0.4 is 9.08 Å². The van der Waals surface area contributed by atoms with Crippen LogP contribution in [0.2, 0.25) is 0 Å². The maximum absolute atomic E-state index is 13.1. The van der Waals surface area contributed by atoms with Crippen LogP contribution in [-0.4, -0.2) is 21.9 Å². The average Bonchev–Trinajstić information content (AvgIpc) is 2.38. The standard InChI is InChI=1S/C12H14F3NO3S/c13-12(14,15)10-8-9(19-20(17)18)4-5-11(10)16-6-2-1-3-7-16/h4-5,8H,1-3,6-7H2,(H,17,18). The van der Waals surface area contributed by atoms with Crippen LogP contribution in [0.3, 0.4) is 0 Å². The van der Waals surface area contributed by atoms with Crippen LogP contribution in [0.15, 0.2) is 18.2 Å². The first kappa shape index (κ1) is 15.1. The lowest BCUT2D eigenvalue weighted by Gasteiger charge is -2.31. The number of hydrogen-bond acceptors (Lipinski definition) is 3. The van der Waals surface area contributed by atoms with Crippen molar-refractivity contribution in [3.8, 4) is 5.75 Å². The summed E-state index contributed by atoms with van der Waals surface area (Å²) in [7, 11) is 0. The van der Waals surface area contributed by atoms with Crippen molar-refractivity contribution in [1.29, 1.82) is 0 Å². The molecule has 1 N–H and O–H groups in total. The lowest BCUT2D eigenvalue weighted by molar-refractivity contribution is -0.137. The van der Waals surface area contributed by atoms with Crippen LogP contribution in [0.25, 0.3) is 0 Å². The normalized spacial score (nSPS) is 17.9. The van der Waals surface area contributed by atoms with Crippen molar-refractivity contribution in [2.75, 3.05) is 18.0 Å². The first-order valence-corrected chi connectivity index (χ1v) is 7.16. The summed E-state index contributed by atoms with van der Waals surface area (Å²) in [5.74, 6) is -0.279.